The van der Waals surface area contributed by atoms with E-state index in [1.165, 1.54) is 50.1 Å². The maximum atomic E-state index is 6.27. The van der Waals surface area contributed by atoms with Gasteiger partial charge >= 0.3 is 0 Å². The standard InChI is InChI=1S/C58H35N3O/c1-2-14-36(15-3-1)55-59-56(61-57(60-55)42-29-31-48-47-23-7-11-27-53(47)62-54(48)35-42)41-19-13-18-39(33-41)37-16-12-17-38(32-37)40-28-30-46-45-22-6-10-26-51(45)58(52(46)34-40)49-24-8-4-20-43(49)44-21-5-9-25-50(44)58/h1-35H. The van der Waals surface area contributed by atoms with E-state index in [0.29, 0.717) is 17.5 Å². The molecule has 1 spiro atoms. The van der Waals surface area contributed by atoms with E-state index in [9.17, 15) is 0 Å². The molecule has 0 atom stereocenters. The Kier molecular flexibility index (Phi) is 7.49. The van der Waals surface area contributed by atoms with Crippen LogP contribution in [0.4, 0.5) is 0 Å². The minimum Gasteiger partial charge on any atom is -0.456 e. The Morgan fingerprint density at radius 2 is 0.710 bits per heavy atom. The summed E-state index contributed by atoms with van der Waals surface area (Å²) in [6.45, 7) is 0. The molecule has 288 valence electrons. The molecule has 0 bridgehead atoms. The molecule has 9 aromatic carbocycles. The quantitative estimate of drug-likeness (QED) is 0.174. The minimum atomic E-state index is -0.388. The fourth-order valence-corrected chi connectivity index (χ4v) is 10.2. The van der Waals surface area contributed by atoms with E-state index in [2.05, 4.69) is 158 Å². The second-order valence-electron chi connectivity index (χ2n) is 16.3. The molecule has 0 aliphatic heterocycles. The van der Waals surface area contributed by atoms with Gasteiger partial charge in [-0.05, 0) is 103 Å². The highest BCUT2D eigenvalue weighted by Crippen LogP contribution is 2.63. The van der Waals surface area contributed by atoms with E-state index in [1.807, 2.05) is 54.6 Å². The highest BCUT2D eigenvalue weighted by Gasteiger charge is 2.51. The van der Waals surface area contributed by atoms with Crippen molar-refractivity contribution < 1.29 is 4.42 Å². The van der Waals surface area contributed by atoms with Crippen LogP contribution in [0.3, 0.4) is 0 Å². The lowest BCUT2D eigenvalue weighted by atomic mass is 9.70. The molecule has 13 rings (SSSR count). The molecule has 0 fully saturated rings. The fourth-order valence-electron chi connectivity index (χ4n) is 10.2. The Morgan fingerprint density at radius 1 is 0.274 bits per heavy atom. The van der Waals surface area contributed by atoms with Crippen molar-refractivity contribution in [2.24, 2.45) is 0 Å². The molecule has 0 N–H and O–H groups in total. The van der Waals surface area contributed by atoms with E-state index in [1.54, 1.807) is 0 Å². The predicted octanol–water partition coefficient (Wildman–Crippen LogP) is 14.4. The lowest BCUT2D eigenvalue weighted by molar-refractivity contribution is 0.669. The zero-order chi connectivity index (χ0) is 40.8. The van der Waals surface area contributed by atoms with E-state index in [4.69, 9.17) is 19.4 Å². The van der Waals surface area contributed by atoms with Crippen molar-refractivity contribution in [2.75, 3.05) is 0 Å². The molecule has 2 aromatic heterocycles. The number of hydrogen-bond donors (Lipinski definition) is 0. The monoisotopic (exact) mass is 789 g/mol. The van der Waals surface area contributed by atoms with Gasteiger partial charge in [0.05, 0.1) is 5.41 Å². The van der Waals surface area contributed by atoms with E-state index >= 15 is 0 Å². The van der Waals surface area contributed by atoms with Gasteiger partial charge in [-0.3, -0.25) is 0 Å². The summed E-state index contributed by atoms with van der Waals surface area (Å²) >= 11 is 0. The van der Waals surface area contributed by atoms with Gasteiger partial charge in [0.15, 0.2) is 17.5 Å². The maximum Gasteiger partial charge on any atom is 0.164 e. The van der Waals surface area contributed by atoms with Crippen molar-refractivity contribution in [1.82, 2.24) is 15.0 Å². The molecule has 2 aliphatic rings. The molecular formula is C58H35N3O. The Balaban J connectivity index is 0.914. The summed E-state index contributed by atoms with van der Waals surface area (Å²) in [6.07, 6.45) is 0. The molecule has 0 amide bonds. The number of para-hydroxylation sites is 1. The van der Waals surface area contributed by atoms with Crippen LogP contribution in [0.15, 0.2) is 217 Å². The van der Waals surface area contributed by atoms with Crippen LogP contribution >= 0.6 is 0 Å². The molecule has 0 unspecified atom stereocenters. The van der Waals surface area contributed by atoms with Gasteiger partial charge in [0.25, 0.3) is 0 Å². The van der Waals surface area contributed by atoms with Gasteiger partial charge in [-0.25, -0.2) is 15.0 Å². The van der Waals surface area contributed by atoms with Crippen LogP contribution in [0, 0.1) is 0 Å². The van der Waals surface area contributed by atoms with E-state index < -0.39 is 0 Å². The third-order valence-corrected chi connectivity index (χ3v) is 13.0. The fraction of sp³-hybridized carbons (Fsp3) is 0.0172. The highest BCUT2D eigenvalue weighted by molar-refractivity contribution is 6.05. The van der Waals surface area contributed by atoms with E-state index in [0.717, 1.165) is 55.3 Å². The molecular weight excluding hydrogens is 755 g/mol. The zero-order valence-corrected chi connectivity index (χ0v) is 33.5. The molecule has 2 aliphatic carbocycles. The number of furan rings is 1. The SMILES string of the molecule is c1ccc(-c2nc(-c3cccc(-c4cccc(-c5ccc6c(c5)C5(c7ccccc7-c7ccccc75)c5ccccc5-6)c4)c3)nc(-c3ccc4c(c3)oc3ccccc34)n2)cc1. The van der Waals surface area contributed by atoms with Crippen molar-refractivity contribution in [3.8, 4) is 78.7 Å². The molecule has 62 heavy (non-hydrogen) atoms. The number of hydrogen-bond acceptors (Lipinski definition) is 4. The van der Waals surface area contributed by atoms with Crippen LogP contribution in [-0.2, 0) is 5.41 Å². The van der Waals surface area contributed by atoms with Crippen LogP contribution < -0.4 is 0 Å². The number of rotatable bonds is 5. The highest BCUT2D eigenvalue weighted by atomic mass is 16.3. The first kappa shape index (κ1) is 34.6. The topological polar surface area (TPSA) is 51.8 Å². The maximum absolute atomic E-state index is 6.27. The predicted molar refractivity (Wildman–Crippen MR) is 251 cm³/mol. The summed E-state index contributed by atoms with van der Waals surface area (Å²) in [5.74, 6) is 1.82. The Hall–Kier alpha value is -8.21. The number of fused-ring (bicyclic) bond motifs is 13. The summed E-state index contributed by atoms with van der Waals surface area (Å²) in [4.78, 5) is 15.2. The average molecular weight is 790 g/mol. The summed E-state index contributed by atoms with van der Waals surface area (Å²) in [7, 11) is 0. The molecule has 4 heteroatoms. The van der Waals surface area contributed by atoms with Gasteiger partial charge in [0.2, 0.25) is 0 Å². The Morgan fingerprint density at radius 3 is 1.35 bits per heavy atom. The third kappa shape index (κ3) is 5.10. The second-order valence-corrected chi connectivity index (χ2v) is 16.3. The van der Waals surface area contributed by atoms with Crippen molar-refractivity contribution in [2.45, 2.75) is 5.41 Å². The van der Waals surface area contributed by atoms with Gasteiger partial charge in [-0.2, -0.15) is 0 Å². The first-order chi connectivity index (χ1) is 30.7. The molecule has 0 radical (unpaired) electrons. The summed E-state index contributed by atoms with van der Waals surface area (Å²) in [5, 5.41) is 2.16. The molecule has 11 aromatic rings. The average Bonchev–Trinajstić information content (AvgIpc) is 3.98. The van der Waals surface area contributed by atoms with E-state index in [-0.39, 0.29) is 5.41 Å². The third-order valence-electron chi connectivity index (χ3n) is 13.0. The van der Waals surface area contributed by atoms with Gasteiger partial charge in [0.1, 0.15) is 11.2 Å². The summed E-state index contributed by atoms with van der Waals surface area (Å²) in [6, 6.07) is 75.9. The smallest absolute Gasteiger partial charge is 0.164 e. The number of benzene rings is 9. The number of nitrogens with zero attached hydrogens (tertiary/aromatic N) is 3. The Labute approximate surface area is 358 Å². The van der Waals surface area contributed by atoms with Crippen LogP contribution in [0.5, 0.6) is 0 Å². The van der Waals surface area contributed by atoms with Crippen LogP contribution in [0.1, 0.15) is 22.3 Å². The lowest BCUT2D eigenvalue weighted by Gasteiger charge is -2.30. The Bertz CT molecular complexity index is 3540. The summed E-state index contributed by atoms with van der Waals surface area (Å²) in [5.41, 5.74) is 19.1. The zero-order valence-electron chi connectivity index (χ0n) is 33.5. The first-order valence-corrected chi connectivity index (χ1v) is 21.1. The second kappa shape index (κ2) is 13.4. The molecule has 2 heterocycles. The minimum absolute atomic E-state index is 0.388. The molecule has 4 nitrogen and oxygen atoms in total. The van der Waals surface area contributed by atoms with Crippen LogP contribution in [0.2, 0.25) is 0 Å². The van der Waals surface area contributed by atoms with Crippen molar-refractivity contribution in [3.63, 3.8) is 0 Å². The summed E-state index contributed by atoms with van der Waals surface area (Å²) < 4.78 is 6.27. The van der Waals surface area contributed by atoms with Gasteiger partial charge in [-0.1, -0.05) is 176 Å². The van der Waals surface area contributed by atoms with Crippen molar-refractivity contribution >= 4 is 21.9 Å². The largest absolute Gasteiger partial charge is 0.456 e. The van der Waals surface area contributed by atoms with Crippen LogP contribution in [-0.4, -0.2) is 15.0 Å². The van der Waals surface area contributed by atoms with Crippen molar-refractivity contribution in [3.05, 3.63) is 235 Å². The van der Waals surface area contributed by atoms with Crippen LogP contribution in [0.25, 0.3) is 101 Å². The van der Waals surface area contributed by atoms with Gasteiger partial charge < -0.3 is 4.42 Å². The molecule has 0 saturated carbocycles. The van der Waals surface area contributed by atoms with Gasteiger partial charge in [0, 0.05) is 27.5 Å². The first-order valence-electron chi connectivity index (χ1n) is 21.1. The lowest BCUT2D eigenvalue weighted by Crippen LogP contribution is -2.25. The molecule has 0 saturated heterocycles. The normalized spacial score (nSPS) is 13.0. The van der Waals surface area contributed by atoms with Gasteiger partial charge in [-0.15, -0.1) is 0 Å². The van der Waals surface area contributed by atoms with Crippen molar-refractivity contribution in [1.29, 1.82) is 0 Å². The number of aromatic nitrogens is 3.